The van der Waals surface area contributed by atoms with Crippen LogP contribution in [0, 0.1) is 5.92 Å². The molecule has 2 aromatic heterocycles. The molecule has 11 heteroatoms. The van der Waals surface area contributed by atoms with Crippen LogP contribution in [0.1, 0.15) is 47.3 Å². The van der Waals surface area contributed by atoms with E-state index in [-0.39, 0.29) is 23.7 Å². The number of halogens is 3. The van der Waals surface area contributed by atoms with E-state index in [0.29, 0.717) is 25.1 Å². The fourth-order valence-electron chi connectivity index (χ4n) is 5.71. The highest BCUT2D eigenvalue weighted by atomic mass is 19.4. The molecule has 39 heavy (non-hydrogen) atoms. The van der Waals surface area contributed by atoms with E-state index in [0.717, 1.165) is 60.8 Å². The summed E-state index contributed by atoms with van der Waals surface area (Å²) >= 11 is 0. The zero-order valence-corrected chi connectivity index (χ0v) is 22.0. The first-order valence-electron chi connectivity index (χ1n) is 13.5. The van der Waals surface area contributed by atoms with Gasteiger partial charge in [-0.1, -0.05) is 12.1 Å². The predicted octanol–water partition coefficient (Wildman–Crippen LogP) is 3.66. The highest BCUT2D eigenvalue weighted by Crippen LogP contribution is 2.29. The smallest absolute Gasteiger partial charge is 0.422 e. The fraction of sp³-hybridized carbons (Fsp3) is 0.536. The van der Waals surface area contributed by atoms with Crippen molar-refractivity contribution in [3.05, 3.63) is 53.3 Å². The molecule has 2 N–H and O–H groups in total. The fourth-order valence-corrected chi connectivity index (χ4v) is 5.71. The third-order valence-corrected chi connectivity index (χ3v) is 7.79. The highest BCUT2D eigenvalue weighted by molar-refractivity contribution is 6.06. The minimum absolute atomic E-state index is 0.0134. The molecule has 1 amide bonds. The van der Waals surface area contributed by atoms with Crippen molar-refractivity contribution < 1.29 is 27.8 Å². The van der Waals surface area contributed by atoms with E-state index in [1.165, 1.54) is 6.07 Å². The number of alkyl halides is 3. The van der Waals surface area contributed by atoms with Gasteiger partial charge in [-0.25, -0.2) is 4.98 Å². The number of ether oxygens (including phenoxy) is 1. The molecule has 5 rings (SSSR count). The minimum Gasteiger partial charge on any atom is -0.468 e. The Morgan fingerprint density at radius 2 is 1.92 bits per heavy atom. The maximum absolute atomic E-state index is 13.0. The number of aliphatic hydroxyl groups is 1. The topological polar surface area (TPSA) is 92.5 Å². The first-order chi connectivity index (χ1) is 18.6. The molecule has 1 atom stereocenters. The van der Waals surface area contributed by atoms with Crippen molar-refractivity contribution in [2.75, 3.05) is 26.2 Å². The Balaban J connectivity index is 1.09. The van der Waals surface area contributed by atoms with Crippen molar-refractivity contribution in [2.24, 2.45) is 13.0 Å². The maximum atomic E-state index is 13.0. The number of amides is 1. The van der Waals surface area contributed by atoms with Crippen LogP contribution in [0.5, 0.6) is 5.88 Å². The lowest BCUT2D eigenvalue weighted by Gasteiger charge is -2.34. The van der Waals surface area contributed by atoms with Gasteiger partial charge < -0.3 is 20.1 Å². The number of pyridine rings is 1. The second kappa shape index (κ2) is 11.5. The lowest BCUT2D eigenvalue weighted by Crippen LogP contribution is -2.42. The zero-order chi connectivity index (χ0) is 27.6. The Kier molecular flexibility index (Phi) is 8.08. The SMILES string of the molecule is Cn1cc2c(C(=O)NC3CCC([C@@H](O)CN4CCc5ccc(OCC(F)(F)F)nc5CC4)CC3)cccc2n1. The summed E-state index contributed by atoms with van der Waals surface area (Å²) in [6.45, 7) is 0.602. The van der Waals surface area contributed by atoms with Crippen LogP contribution < -0.4 is 10.1 Å². The summed E-state index contributed by atoms with van der Waals surface area (Å²) in [5.41, 5.74) is 3.17. The number of hydrogen-bond donors (Lipinski definition) is 2. The van der Waals surface area contributed by atoms with Gasteiger partial charge in [-0.05, 0) is 55.7 Å². The molecule has 0 radical (unpaired) electrons. The number of carbonyl (C=O) groups is 1. The molecule has 0 spiro atoms. The molecule has 8 nitrogen and oxygen atoms in total. The Hall–Kier alpha value is -3.18. The number of aromatic nitrogens is 3. The lowest BCUT2D eigenvalue weighted by atomic mass is 9.82. The Morgan fingerprint density at radius 1 is 1.15 bits per heavy atom. The summed E-state index contributed by atoms with van der Waals surface area (Å²) in [7, 11) is 1.84. The molecule has 1 fully saturated rings. The van der Waals surface area contributed by atoms with E-state index in [1.807, 2.05) is 31.4 Å². The van der Waals surface area contributed by atoms with Gasteiger partial charge in [-0.3, -0.25) is 9.48 Å². The predicted molar refractivity (Wildman–Crippen MR) is 140 cm³/mol. The van der Waals surface area contributed by atoms with Crippen LogP contribution in [0.4, 0.5) is 13.2 Å². The molecule has 1 aromatic carbocycles. The number of hydrogen-bond acceptors (Lipinski definition) is 6. The van der Waals surface area contributed by atoms with Crippen molar-refractivity contribution >= 4 is 16.8 Å². The van der Waals surface area contributed by atoms with Gasteiger partial charge >= 0.3 is 6.18 Å². The highest BCUT2D eigenvalue weighted by Gasteiger charge is 2.30. The number of β-amino-alcohol motifs (C(OH)–C–C–N with tert-alkyl or cyclic N) is 1. The van der Waals surface area contributed by atoms with Gasteiger partial charge in [0.1, 0.15) is 0 Å². The summed E-state index contributed by atoms with van der Waals surface area (Å²) < 4.78 is 43.9. The zero-order valence-electron chi connectivity index (χ0n) is 22.0. The van der Waals surface area contributed by atoms with Crippen LogP contribution in [0.15, 0.2) is 36.5 Å². The van der Waals surface area contributed by atoms with Gasteiger partial charge in [0.2, 0.25) is 5.88 Å². The summed E-state index contributed by atoms with van der Waals surface area (Å²) in [5.74, 6) is 0.0499. The molecule has 210 valence electrons. The third-order valence-electron chi connectivity index (χ3n) is 7.79. The van der Waals surface area contributed by atoms with Crippen molar-refractivity contribution in [1.82, 2.24) is 25.0 Å². The third kappa shape index (κ3) is 6.88. The van der Waals surface area contributed by atoms with Gasteiger partial charge in [0.25, 0.3) is 5.91 Å². The number of aliphatic hydroxyl groups excluding tert-OH is 1. The van der Waals surface area contributed by atoms with E-state index in [2.05, 4.69) is 20.3 Å². The van der Waals surface area contributed by atoms with E-state index in [4.69, 9.17) is 4.74 Å². The van der Waals surface area contributed by atoms with Crippen molar-refractivity contribution in [1.29, 1.82) is 0 Å². The number of carbonyl (C=O) groups excluding carboxylic acids is 1. The molecular formula is C28H34F3N5O3. The molecule has 1 saturated carbocycles. The second-order valence-electron chi connectivity index (χ2n) is 10.7. The van der Waals surface area contributed by atoms with Gasteiger partial charge in [0, 0.05) is 62.5 Å². The molecule has 2 aliphatic rings. The molecular weight excluding hydrogens is 511 g/mol. The van der Waals surface area contributed by atoms with Gasteiger partial charge in [-0.2, -0.15) is 18.3 Å². The van der Waals surface area contributed by atoms with Gasteiger partial charge in [-0.15, -0.1) is 0 Å². The largest absolute Gasteiger partial charge is 0.468 e. The number of benzene rings is 1. The number of nitrogens with zero attached hydrogens (tertiary/aromatic N) is 4. The molecule has 0 bridgehead atoms. The van der Waals surface area contributed by atoms with Crippen molar-refractivity contribution in [2.45, 2.75) is 56.8 Å². The van der Waals surface area contributed by atoms with Gasteiger partial charge in [0.05, 0.1) is 17.2 Å². The average Bonchev–Trinajstić information content (AvgIpc) is 3.18. The first kappa shape index (κ1) is 27.4. The second-order valence-corrected chi connectivity index (χ2v) is 10.7. The summed E-state index contributed by atoms with van der Waals surface area (Å²) in [4.78, 5) is 19.5. The summed E-state index contributed by atoms with van der Waals surface area (Å²) in [5, 5.41) is 19.4. The van der Waals surface area contributed by atoms with Crippen molar-refractivity contribution in [3.8, 4) is 5.88 Å². The molecule has 0 saturated heterocycles. The lowest BCUT2D eigenvalue weighted by molar-refractivity contribution is -0.154. The standard InChI is InChI=1S/C28H34F3N5O3/c1-35-15-22-21(3-2-4-24(22)34-35)27(38)32-20-8-5-19(6-9-20)25(37)16-36-13-11-18-7-10-26(33-23(18)12-14-36)39-17-28(29,30)31/h2-4,7,10,15,19-20,25,37H,5-6,8-9,11-14,16-17H2,1H3,(H,32,38)/t19?,20?,25-/m0/s1. The van der Waals surface area contributed by atoms with Crippen LogP contribution in [0.3, 0.4) is 0 Å². The Morgan fingerprint density at radius 3 is 2.69 bits per heavy atom. The Labute approximate surface area is 225 Å². The number of fused-ring (bicyclic) bond motifs is 2. The number of nitrogens with one attached hydrogen (secondary N) is 1. The maximum Gasteiger partial charge on any atom is 0.422 e. The van der Waals surface area contributed by atoms with Crippen LogP contribution >= 0.6 is 0 Å². The Bertz CT molecular complexity index is 1300. The molecule has 1 aliphatic carbocycles. The van der Waals surface area contributed by atoms with E-state index < -0.39 is 18.9 Å². The summed E-state index contributed by atoms with van der Waals surface area (Å²) in [6, 6.07) is 8.90. The molecule has 3 heterocycles. The number of rotatable bonds is 7. The number of aryl methyl sites for hydroxylation is 1. The van der Waals surface area contributed by atoms with Crippen LogP contribution in [-0.2, 0) is 19.9 Å². The van der Waals surface area contributed by atoms with Crippen LogP contribution in [0.25, 0.3) is 10.9 Å². The van der Waals surface area contributed by atoms with Crippen LogP contribution in [-0.4, -0.2) is 75.2 Å². The van der Waals surface area contributed by atoms with E-state index in [9.17, 15) is 23.1 Å². The molecule has 1 aliphatic heterocycles. The monoisotopic (exact) mass is 545 g/mol. The summed E-state index contributed by atoms with van der Waals surface area (Å²) in [6.07, 6.45) is 1.57. The minimum atomic E-state index is -4.40. The molecule has 3 aromatic rings. The van der Waals surface area contributed by atoms with Crippen LogP contribution in [0.2, 0.25) is 0 Å². The van der Waals surface area contributed by atoms with Crippen molar-refractivity contribution in [3.63, 3.8) is 0 Å². The average molecular weight is 546 g/mol. The first-order valence-corrected chi connectivity index (χ1v) is 13.5. The van der Waals surface area contributed by atoms with E-state index in [1.54, 1.807) is 10.7 Å². The normalized spacial score (nSPS) is 21.3. The molecule has 0 unspecified atom stereocenters. The van der Waals surface area contributed by atoms with E-state index >= 15 is 0 Å². The quantitative estimate of drug-likeness (QED) is 0.471. The van der Waals surface area contributed by atoms with Gasteiger partial charge in [0.15, 0.2) is 6.61 Å².